The molecule has 1 saturated heterocycles. The molecule has 0 aromatic carbocycles. The number of aromatic nitrogens is 2. The van der Waals surface area contributed by atoms with Crippen LogP contribution in [-0.2, 0) is 5.41 Å². The van der Waals surface area contributed by atoms with Crippen molar-refractivity contribution >= 4 is 28.3 Å². The van der Waals surface area contributed by atoms with Crippen LogP contribution in [0.3, 0.4) is 0 Å². The van der Waals surface area contributed by atoms with Gasteiger partial charge in [-0.2, -0.15) is 4.37 Å². The lowest BCUT2D eigenvalue weighted by Gasteiger charge is -2.32. The van der Waals surface area contributed by atoms with Gasteiger partial charge >= 0.3 is 0 Å². The van der Waals surface area contributed by atoms with Gasteiger partial charge in [-0.25, -0.2) is 4.98 Å². The van der Waals surface area contributed by atoms with Crippen LogP contribution in [0.1, 0.15) is 46.4 Å². The van der Waals surface area contributed by atoms with Gasteiger partial charge in [-0.1, -0.05) is 20.8 Å². The van der Waals surface area contributed by atoms with Crippen molar-refractivity contribution in [1.29, 1.82) is 0 Å². The molecule has 0 amide bonds. The maximum Gasteiger partial charge on any atom is 0.205 e. The quantitative estimate of drug-likeness (QED) is 0.777. The molecule has 102 valence electrons. The van der Waals surface area contributed by atoms with Gasteiger partial charge < -0.3 is 4.90 Å². The molecule has 1 unspecified atom stereocenters. The highest BCUT2D eigenvalue weighted by Gasteiger charge is 2.26. The first-order valence-electron chi connectivity index (χ1n) is 6.61. The number of hydrogen-bond acceptors (Lipinski definition) is 4. The van der Waals surface area contributed by atoms with Crippen LogP contribution in [0.25, 0.3) is 0 Å². The Morgan fingerprint density at radius 2 is 1.94 bits per heavy atom. The largest absolute Gasteiger partial charge is 0.347 e. The summed E-state index contributed by atoms with van der Waals surface area (Å²) in [7, 11) is 0. The predicted octanol–water partition coefficient (Wildman–Crippen LogP) is 3.68. The Morgan fingerprint density at radius 1 is 1.33 bits per heavy atom. The Morgan fingerprint density at radius 3 is 2.39 bits per heavy atom. The number of nitrogens with zero attached hydrogens (tertiary/aromatic N) is 3. The van der Waals surface area contributed by atoms with E-state index < -0.39 is 0 Å². The minimum absolute atomic E-state index is 0.0394. The molecule has 1 aliphatic rings. The predicted molar refractivity (Wildman–Crippen MR) is 78.9 cm³/mol. The molecule has 0 aliphatic carbocycles. The molecule has 1 aliphatic heterocycles. The van der Waals surface area contributed by atoms with Crippen molar-refractivity contribution in [3.05, 3.63) is 5.82 Å². The van der Waals surface area contributed by atoms with E-state index in [1.807, 2.05) is 0 Å². The van der Waals surface area contributed by atoms with E-state index in [1.54, 1.807) is 0 Å². The van der Waals surface area contributed by atoms with Crippen LogP contribution in [0, 0.1) is 5.92 Å². The fraction of sp³-hybridized carbons (Fsp3) is 0.846. The SMILES string of the molecule is CC(Cl)C1CCN(c2nc(C(C)(C)C)ns2)CC1. The molecule has 2 heterocycles. The Kier molecular flexibility index (Phi) is 4.17. The van der Waals surface area contributed by atoms with Crippen LogP contribution in [0.15, 0.2) is 0 Å². The summed E-state index contributed by atoms with van der Waals surface area (Å²) in [5.74, 6) is 1.60. The highest BCUT2D eigenvalue weighted by Crippen LogP contribution is 2.30. The number of hydrogen-bond donors (Lipinski definition) is 0. The zero-order valence-electron chi connectivity index (χ0n) is 11.6. The average Bonchev–Trinajstić information content (AvgIpc) is 2.78. The fourth-order valence-corrected chi connectivity index (χ4v) is 3.36. The third-order valence-electron chi connectivity index (χ3n) is 3.55. The van der Waals surface area contributed by atoms with Crippen molar-refractivity contribution in [1.82, 2.24) is 9.36 Å². The van der Waals surface area contributed by atoms with Gasteiger partial charge in [0.25, 0.3) is 0 Å². The molecule has 1 fully saturated rings. The molecular weight excluding hydrogens is 266 g/mol. The van der Waals surface area contributed by atoms with Crippen LogP contribution >= 0.6 is 23.1 Å². The fourth-order valence-electron chi connectivity index (χ4n) is 2.20. The Balaban J connectivity index is 2.00. The summed E-state index contributed by atoms with van der Waals surface area (Å²) in [6.45, 7) is 10.7. The van der Waals surface area contributed by atoms with Crippen molar-refractivity contribution < 1.29 is 0 Å². The lowest BCUT2D eigenvalue weighted by molar-refractivity contribution is 0.399. The monoisotopic (exact) mass is 287 g/mol. The van der Waals surface area contributed by atoms with E-state index >= 15 is 0 Å². The minimum Gasteiger partial charge on any atom is -0.347 e. The second kappa shape index (κ2) is 5.33. The van der Waals surface area contributed by atoms with Gasteiger partial charge in [-0.15, -0.1) is 11.6 Å². The molecule has 5 heteroatoms. The highest BCUT2D eigenvalue weighted by molar-refractivity contribution is 7.09. The molecule has 3 nitrogen and oxygen atoms in total. The summed E-state index contributed by atoms with van der Waals surface area (Å²) in [6.07, 6.45) is 2.32. The van der Waals surface area contributed by atoms with Crippen molar-refractivity contribution in [3.8, 4) is 0 Å². The number of alkyl halides is 1. The first-order chi connectivity index (χ1) is 8.38. The second-order valence-corrected chi connectivity index (χ2v) is 7.57. The summed E-state index contributed by atoms with van der Waals surface area (Å²) in [5.41, 5.74) is 0.0394. The van der Waals surface area contributed by atoms with Crippen LogP contribution in [0.5, 0.6) is 0 Å². The van der Waals surface area contributed by atoms with Gasteiger partial charge in [0.1, 0.15) is 5.82 Å². The first-order valence-corrected chi connectivity index (χ1v) is 7.82. The number of halogens is 1. The molecule has 1 atom stereocenters. The Labute approximate surface area is 119 Å². The van der Waals surface area contributed by atoms with Crippen molar-refractivity contribution in [2.45, 2.75) is 51.3 Å². The zero-order chi connectivity index (χ0) is 13.3. The van der Waals surface area contributed by atoms with Gasteiger partial charge in [0.05, 0.1) is 0 Å². The zero-order valence-corrected chi connectivity index (χ0v) is 13.2. The Hall–Kier alpha value is -0.350. The molecule has 0 N–H and O–H groups in total. The lowest BCUT2D eigenvalue weighted by atomic mass is 9.94. The molecule has 0 saturated carbocycles. The van der Waals surface area contributed by atoms with E-state index in [4.69, 9.17) is 11.6 Å². The van der Waals surface area contributed by atoms with Gasteiger partial charge in [0, 0.05) is 35.4 Å². The summed E-state index contributed by atoms with van der Waals surface area (Å²) in [5, 5.41) is 1.35. The molecule has 1 aromatic rings. The third-order valence-corrected chi connectivity index (χ3v) is 4.68. The average molecular weight is 288 g/mol. The topological polar surface area (TPSA) is 29.0 Å². The summed E-state index contributed by atoms with van der Waals surface area (Å²) in [4.78, 5) is 7.03. The highest BCUT2D eigenvalue weighted by atomic mass is 35.5. The van der Waals surface area contributed by atoms with Crippen LogP contribution in [-0.4, -0.2) is 27.8 Å². The van der Waals surface area contributed by atoms with E-state index in [2.05, 4.69) is 42.0 Å². The summed E-state index contributed by atoms with van der Waals surface area (Å²) < 4.78 is 4.48. The summed E-state index contributed by atoms with van der Waals surface area (Å²) >= 11 is 7.69. The molecule has 0 bridgehead atoms. The van der Waals surface area contributed by atoms with E-state index in [9.17, 15) is 0 Å². The number of rotatable bonds is 2. The molecule has 1 aromatic heterocycles. The minimum atomic E-state index is 0.0394. The van der Waals surface area contributed by atoms with Gasteiger partial charge in [0.2, 0.25) is 5.13 Å². The van der Waals surface area contributed by atoms with Gasteiger partial charge in [-0.05, 0) is 25.7 Å². The van der Waals surface area contributed by atoms with Crippen molar-refractivity contribution in [2.75, 3.05) is 18.0 Å². The normalized spacial score (nSPS) is 20.2. The maximum absolute atomic E-state index is 6.17. The Bertz CT molecular complexity index is 389. The van der Waals surface area contributed by atoms with Crippen LogP contribution in [0.2, 0.25) is 0 Å². The summed E-state index contributed by atoms with van der Waals surface area (Å²) in [6, 6.07) is 0. The smallest absolute Gasteiger partial charge is 0.205 e. The van der Waals surface area contributed by atoms with Crippen molar-refractivity contribution in [2.24, 2.45) is 5.92 Å². The van der Waals surface area contributed by atoms with Crippen molar-refractivity contribution in [3.63, 3.8) is 0 Å². The molecule has 2 rings (SSSR count). The van der Waals surface area contributed by atoms with Gasteiger partial charge in [0.15, 0.2) is 0 Å². The van der Waals surface area contributed by atoms with Crippen LogP contribution < -0.4 is 4.90 Å². The first kappa shape index (κ1) is 14.1. The molecule has 0 spiro atoms. The number of piperidine rings is 1. The van der Waals surface area contributed by atoms with E-state index in [0.717, 1.165) is 36.9 Å². The van der Waals surface area contributed by atoms with E-state index in [-0.39, 0.29) is 10.8 Å². The lowest BCUT2D eigenvalue weighted by Crippen LogP contribution is -2.36. The number of anilines is 1. The van der Waals surface area contributed by atoms with E-state index in [1.165, 1.54) is 11.5 Å². The maximum atomic E-state index is 6.17. The molecule has 18 heavy (non-hydrogen) atoms. The molecular formula is C13H22ClN3S. The van der Waals surface area contributed by atoms with Crippen LogP contribution in [0.4, 0.5) is 5.13 Å². The van der Waals surface area contributed by atoms with E-state index in [0.29, 0.717) is 5.92 Å². The standard InChI is InChI=1S/C13H22ClN3S/c1-9(14)10-5-7-17(8-6-10)12-15-11(16-18-12)13(2,3)4/h9-10H,5-8H2,1-4H3. The van der Waals surface area contributed by atoms with Gasteiger partial charge in [-0.3, -0.25) is 0 Å². The molecule has 0 radical (unpaired) electrons. The second-order valence-electron chi connectivity index (χ2n) is 6.15. The third kappa shape index (κ3) is 3.15.